The van der Waals surface area contributed by atoms with Gasteiger partial charge in [0.15, 0.2) is 0 Å². The molecule has 0 fully saturated rings. The summed E-state index contributed by atoms with van der Waals surface area (Å²) >= 11 is 0. The molecule has 0 amide bonds. The van der Waals surface area contributed by atoms with E-state index in [1.807, 2.05) is 0 Å². The van der Waals surface area contributed by atoms with Gasteiger partial charge in [0.1, 0.15) is 5.82 Å². The maximum atomic E-state index is 12.5. The van der Waals surface area contributed by atoms with Crippen molar-refractivity contribution in [1.82, 2.24) is 29.3 Å². The molecule has 0 saturated carbocycles. The largest absolute Gasteiger partial charge is 0.429 e. The minimum Gasteiger partial charge on any atom is -0.413 e. The van der Waals surface area contributed by atoms with Crippen LogP contribution in [-0.4, -0.2) is 24.2 Å². The first-order valence-electron chi connectivity index (χ1n) is 13.0. The molecule has 0 bridgehead atoms. The molecule has 8 nitrogen and oxygen atoms in total. The van der Waals surface area contributed by atoms with Gasteiger partial charge in [0.2, 0.25) is 12.7 Å². The van der Waals surface area contributed by atoms with Gasteiger partial charge in [0.05, 0.1) is 19.8 Å². The van der Waals surface area contributed by atoms with Crippen molar-refractivity contribution in [2.45, 2.75) is 18.5 Å². The van der Waals surface area contributed by atoms with Crippen LogP contribution in [-0.2, 0) is 52.7 Å². The van der Waals surface area contributed by atoms with E-state index < -0.39 is 35.5 Å². The molecule has 4 aromatic heterocycles. The Bertz CT molecular complexity index is 1800. The predicted octanol–water partition coefficient (Wildman–Crippen LogP) is 5.35. The van der Waals surface area contributed by atoms with Gasteiger partial charge >= 0.3 is 18.5 Å². The third-order valence-electron chi connectivity index (χ3n) is 5.75. The van der Waals surface area contributed by atoms with Gasteiger partial charge in [-0.25, -0.2) is 0 Å². The Balaban J connectivity index is 0.000000193. The molecule has 0 atom stereocenters. The second-order valence-electron chi connectivity index (χ2n) is 9.35. The fraction of sp³-hybridized carbons (Fsp3) is 0.167. The Hall–Kier alpha value is -4.83. The maximum Gasteiger partial charge on any atom is 0.429 e. The molecule has 4 heterocycles. The number of aromatic nitrogens is 8. The third kappa shape index (κ3) is 10.3. The van der Waals surface area contributed by atoms with Crippen molar-refractivity contribution < 1.29 is 68.8 Å². The summed E-state index contributed by atoms with van der Waals surface area (Å²) in [6.07, 6.45) is 0.428. The molecule has 1 radical (unpaired) electrons. The van der Waals surface area contributed by atoms with Crippen LogP contribution in [0.1, 0.15) is 17.0 Å². The molecular weight excluding hydrogens is 836 g/mol. The standard InChI is InChI=1S/2C11H8F3N2.C8H4F3N4.Ir/c2*1-15-5-6-16(8-15)10-4-2-3-9(7-10)11(12,13)14;9-8(10,11)7-13-6(14-15-7)5-3-1-2-4-12-5;/h2*2-3,5-7H,1H3;1-4H;/q3*-1;. The van der Waals surface area contributed by atoms with E-state index in [1.54, 1.807) is 60.1 Å². The number of hydrogen-bond donors (Lipinski definition) is 0. The predicted molar refractivity (Wildman–Crippen MR) is 143 cm³/mol. The molecule has 6 rings (SSSR count). The second-order valence-corrected chi connectivity index (χ2v) is 9.35. The molecular formula is C30H20F9IrN8-3. The molecule has 0 aliphatic rings. The van der Waals surface area contributed by atoms with Crippen LogP contribution in [0.4, 0.5) is 39.5 Å². The van der Waals surface area contributed by atoms with Crippen LogP contribution in [0.3, 0.4) is 0 Å². The van der Waals surface area contributed by atoms with Gasteiger partial charge < -0.3 is 28.4 Å². The number of nitrogens with zero attached hydrogens (tertiary/aromatic N) is 8. The SMILES string of the molecule is C[n+]1[c-]n(-c2[c-]ccc(C(F)(F)F)c2)cc1.C[n+]1[c-]n(-c2[c-]ccc(C(F)(F)F)c2)cc1.FC(F)(F)c1n[n-]c(-c2ccccn2)n1.[Ir]. The van der Waals surface area contributed by atoms with Gasteiger partial charge in [0.25, 0.3) is 0 Å². The topological polar surface area (TPSA) is 70.4 Å². The molecule has 48 heavy (non-hydrogen) atoms. The Morgan fingerprint density at radius 2 is 1.21 bits per heavy atom. The zero-order valence-corrected chi connectivity index (χ0v) is 26.8. The van der Waals surface area contributed by atoms with E-state index in [2.05, 4.69) is 45.0 Å². The first-order valence-corrected chi connectivity index (χ1v) is 13.0. The van der Waals surface area contributed by atoms with Crippen LogP contribution in [0.5, 0.6) is 0 Å². The van der Waals surface area contributed by atoms with Crippen molar-refractivity contribution in [1.29, 1.82) is 0 Å². The van der Waals surface area contributed by atoms with Crippen LogP contribution in [0.15, 0.2) is 85.6 Å². The van der Waals surface area contributed by atoms with E-state index >= 15 is 0 Å². The fourth-order valence-corrected chi connectivity index (χ4v) is 3.58. The molecule has 255 valence electrons. The van der Waals surface area contributed by atoms with Crippen molar-refractivity contribution in [2.75, 3.05) is 0 Å². The summed E-state index contributed by atoms with van der Waals surface area (Å²) < 4.78 is 117. The Labute approximate surface area is 280 Å². The molecule has 0 spiro atoms. The smallest absolute Gasteiger partial charge is 0.413 e. The summed E-state index contributed by atoms with van der Waals surface area (Å²) in [5.74, 6) is -1.37. The van der Waals surface area contributed by atoms with Crippen LogP contribution in [0.2, 0.25) is 0 Å². The normalized spacial score (nSPS) is 11.5. The molecule has 0 N–H and O–H groups in total. The minimum atomic E-state index is -4.57. The Kier molecular flexibility index (Phi) is 12.1. The third-order valence-corrected chi connectivity index (χ3v) is 5.75. The zero-order valence-electron chi connectivity index (χ0n) is 24.4. The zero-order chi connectivity index (χ0) is 34.4. The summed E-state index contributed by atoms with van der Waals surface area (Å²) in [4.78, 5) is 7.05. The van der Waals surface area contributed by atoms with Crippen molar-refractivity contribution in [2.24, 2.45) is 14.1 Å². The molecule has 0 aliphatic heterocycles. The van der Waals surface area contributed by atoms with E-state index in [-0.39, 0.29) is 31.6 Å². The summed E-state index contributed by atoms with van der Waals surface area (Å²) in [6.45, 7) is 0. The van der Waals surface area contributed by atoms with Crippen LogP contribution >= 0.6 is 0 Å². The molecule has 0 unspecified atom stereocenters. The van der Waals surface area contributed by atoms with Crippen molar-refractivity contribution in [3.05, 3.63) is 127 Å². The average Bonchev–Trinajstić information content (AvgIpc) is 3.79. The van der Waals surface area contributed by atoms with E-state index in [0.717, 1.165) is 24.3 Å². The van der Waals surface area contributed by atoms with Crippen molar-refractivity contribution in [3.8, 4) is 22.9 Å². The summed E-state index contributed by atoms with van der Waals surface area (Å²) in [5.41, 5.74) is -0.483. The van der Waals surface area contributed by atoms with Gasteiger partial charge in [-0.1, -0.05) is 28.6 Å². The summed E-state index contributed by atoms with van der Waals surface area (Å²) in [5, 5.41) is 6.25. The van der Waals surface area contributed by atoms with Gasteiger partial charge in [-0.3, -0.25) is 10.1 Å². The molecule has 0 aliphatic carbocycles. The summed E-state index contributed by atoms with van der Waals surface area (Å²) in [7, 11) is 3.48. The number of hydrogen-bond acceptors (Lipinski definition) is 3. The molecule has 18 heteroatoms. The molecule has 0 saturated heterocycles. The maximum absolute atomic E-state index is 12.5. The number of halogens is 9. The van der Waals surface area contributed by atoms with Gasteiger partial charge in [-0.15, -0.1) is 0 Å². The number of imidazole rings is 2. The number of benzene rings is 2. The van der Waals surface area contributed by atoms with Crippen molar-refractivity contribution >= 4 is 0 Å². The monoisotopic (exact) mass is 856 g/mol. The summed E-state index contributed by atoms with van der Waals surface area (Å²) in [6, 6.07) is 16.8. The van der Waals surface area contributed by atoms with Crippen LogP contribution < -0.4 is 14.2 Å². The van der Waals surface area contributed by atoms with E-state index in [9.17, 15) is 39.5 Å². The molecule has 6 aromatic rings. The van der Waals surface area contributed by atoms with Gasteiger partial charge in [0, 0.05) is 51.1 Å². The Morgan fingerprint density at radius 1 is 0.708 bits per heavy atom. The number of alkyl halides is 9. The van der Waals surface area contributed by atoms with E-state index in [1.165, 1.54) is 33.5 Å². The average molecular weight is 856 g/mol. The number of rotatable bonds is 3. The van der Waals surface area contributed by atoms with E-state index in [0.29, 0.717) is 11.4 Å². The number of pyridine rings is 1. The first kappa shape index (κ1) is 37.6. The quantitative estimate of drug-likeness (QED) is 0.137. The van der Waals surface area contributed by atoms with Crippen LogP contribution in [0.25, 0.3) is 22.9 Å². The molecule has 2 aromatic carbocycles. The van der Waals surface area contributed by atoms with Gasteiger partial charge in [-0.2, -0.15) is 88.0 Å². The number of aryl methyl sites for hydroxylation is 2. The Morgan fingerprint density at radius 3 is 1.56 bits per heavy atom. The first-order chi connectivity index (χ1) is 22.0. The van der Waals surface area contributed by atoms with Crippen molar-refractivity contribution in [3.63, 3.8) is 0 Å². The second kappa shape index (κ2) is 15.4. The van der Waals surface area contributed by atoms with Crippen LogP contribution in [0, 0.1) is 24.8 Å². The minimum absolute atomic E-state index is 0. The van der Waals surface area contributed by atoms with E-state index in [4.69, 9.17) is 0 Å². The van der Waals surface area contributed by atoms with Gasteiger partial charge in [-0.05, 0) is 18.0 Å². The fourth-order valence-electron chi connectivity index (χ4n) is 3.58.